The topological polar surface area (TPSA) is 9.23 Å². The van der Waals surface area contributed by atoms with Crippen LogP contribution in [0.15, 0.2) is 61.2 Å². The molecule has 1 aliphatic carbocycles. The summed E-state index contributed by atoms with van der Waals surface area (Å²) in [4.78, 5) is 0. The first-order valence-electron chi connectivity index (χ1n) is 15.4. The highest BCUT2D eigenvalue weighted by Crippen LogP contribution is 2.53. The number of hydrogen-bond acceptors (Lipinski definition) is 1. The molecule has 0 spiro atoms. The Labute approximate surface area is 256 Å². The summed E-state index contributed by atoms with van der Waals surface area (Å²) >= 11 is 7.14. The van der Waals surface area contributed by atoms with Gasteiger partial charge in [0.25, 0.3) is 0 Å². The molecule has 3 aromatic rings. The Morgan fingerprint density at radius 3 is 1.59 bits per heavy atom. The van der Waals surface area contributed by atoms with Gasteiger partial charge in [-0.1, -0.05) is 155 Å². The third kappa shape index (κ3) is 5.72. The molecule has 0 atom stereocenters. The van der Waals surface area contributed by atoms with Crippen LogP contribution >= 0.6 is 11.6 Å². The highest BCUT2D eigenvalue weighted by molar-refractivity contribution is 6.94. The second kappa shape index (κ2) is 11.1. The zero-order valence-electron chi connectivity index (χ0n) is 27.4. The molecule has 0 bridgehead atoms. The summed E-state index contributed by atoms with van der Waals surface area (Å²) in [5.74, 6) is 0.865. The van der Waals surface area contributed by atoms with Gasteiger partial charge in [-0.15, -0.1) is 0 Å². The lowest BCUT2D eigenvalue weighted by atomic mass is 9.85. The Morgan fingerprint density at radius 2 is 1.20 bits per heavy atom. The van der Waals surface area contributed by atoms with Gasteiger partial charge in [0.2, 0.25) is 0 Å². The van der Waals surface area contributed by atoms with Gasteiger partial charge in [-0.2, -0.15) is 0 Å². The molecule has 0 aromatic heterocycles. The van der Waals surface area contributed by atoms with Crippen LogP contribution in [-0.4, -0.2) is 14.7 Å². The molecule has 0 fully saturated rings. The van der Waals surface area contributed by atoms with E-state index >= 15 is 0 Å². The molecule has 0 aliphatic heterocycles. The predicted molar refractivity (Wildman–Crippen MR) is 183 cm³/mol. The first-order valence-corrected chi connectivity index (χ1v) is 18.2. The fourth-order valence-corrected chi connectivity index (χ4v) is 12.2. The Bertz CT molecular complexity index is 1380. The Morgan fingerprint density at radius 1 is 0.732 bits per heavy atom. The van der Waals surface area contributed by atoms with Crippen molar-refractivity contribution in [3.05, 3.63) is 94.0 Å². The highest BCUT2D eigenvalue weighted by atomic mass is 35.5. The Kier molecular flexibility index (Phi) is 8.55. The zero-order valence-corrected chi connectivity index (χ0v) is 29.1. The van der Waals surface area contributed by atoms with Gasteiger partial charge in [-0.05, 0) is 66.4 Å². The SMILES string of the molecule is C=CCOc1c(Cl)cc(C(C)(C)C)cc1[Si](CC)(CC)C1c2cc(C(C)(C)C)ccc2-c2ccc(C(C)(C)C)cc21. The van der Waals surface area contributed by atoms with Crippen LogP contribution in [-0.2, 0) is 16.2 Å². The van der Waals surface area contributed by atoms with Crippen molar-refractivity contribution in [3.8, 4) is 16.9 Å². The molecule has 0 heterocycles. The summed E-state index contributed by atoms with van der Waals surface area (Å²) in [6, 6.07) is 21.3. The Balaban J connectivity index is 2.14. The van der Waals surface area contributed by atoms with Crippen LogP contribution < -0.4 is 9.92 Å². The second-order valence-corrected chi connectivity index (χ2v) is 20.3. The minimum absolute atomic E-state index is 0.0265. The maximum atomic E-state index is 7.14. The lowest BCUT2D eigenvalue weighted by molar-refractivity contribution is 0.365. The Hall–Kier alpha value is -2.29. The van der Waals surface area contributed by atoms with Crippen molar-refractivity contribution in [2.45, 2.75) is 110 Å². The van der Waals surface area contributed by atoms with Crippen molar-refractivity contribution < 1.29 is 4.74 Å². The quantitative estimate of drug-likeness (QED) is 0.197. The van der Waals surface area contributed by atoms with Gasteiger partial charge in [0.05, 0.1) is 5.02 Å². The summed E-state index contributed by atoms with van der Waals surface area (Å²) in [5.41, 5.74) is 10.2. The van der Waals surface area contributed by atoms with E-state index in [1.165, 1.54) is 44.1 Å². The summed E-state index contributed by atoms with van der Waals surface area (Å²) in [6.07, 6.45) is 1.82. The third-order valence-electron chi connectivity index (χ3n) is 9.35. The summed E-state index contributed by atoms with van der Waals surface area (Å²) in [5, 5.41) is 2.08. The standard InChI is InChI=1S/C38H51ClOSi/c1-13-20-40-34-32(39)23-27(38(10,11)12)24-33(34)41(14-2,15-3)35-30-21-25(36(4,5)6)16-18-28(30)29-19-17-26(22-31(29)35)37(7,8)9/h13,16-19,21-24,35H,1,14-15,20H2,2-12H3. The predicted octanol–water partition coefficient (Wildman–Crippen LogP) is 10.8. The molecule has 1 aliphatic rings. The minimum Gasteiger partial charge on any atom is -0.488 e. The van der Waals surface area contributed by atoms with Crippen LogP contribution in [0, 0.1) is 0 Å². The van der Waals surface area contributed by atoms with E-state index in [1.807, 2.05) is 6.08 Å². The molecular formula is C38H51ClOSi. The number of benzene rings is 3. The van der Waals surface area contributed by atoms with Crippen LogP contribution in [0.3, 0.4) is 0 Å². The molecule has 0 radical (unpaired) electrons. The van der Waals surface area contributed by atoms with E-state index < -0.39 is 8.07 Å². The van der Waals surface area contributed by atoms with E-state index in [1.54, 1.807) is 0 Å². The number of fused-ring (bicyclic) bond motifs is 3. The van der Waals surface area contributed by atoms with Gasteiger partial charge in [0, 0.05) is 5.54 Å². The van der Waals surface area contributed by atoms with Gasteiger partial charge in [0.1, 0.15) is 20.4 Å². The molecule has 0 unspecified atom stereocenters. The molecule has 3 aromatic carbocycles. The average molecular weight is 587 g/mol. The lowest BCUT2D eigenvalue weighted by Crippen LogP contribution is -2.53. The van der Waals surface area contributed by atoms with Gasteiger partial charge in [-0.25, -0.2) is 0 Å². The first-order chi connectivity index (χ1) is 19.0. The van der Waals surface area contributed by atoms with Crippen molar-refractivity contribution in [2.75, 3.05) is 6.61 Å². The smallest absolute Gasteiger partial charge is 0.137 e. The van der Waals surface area contributed by atoms with Gasteiger partial charge in [-0.3, -0.25) is 0 Å². The fourth-order valence-electron chi connectivity index (χ4n) is 6.67. The van der Waals surface area contributed by atoms with Gasteiger partial charge >= 0.3 is 0 Å². The van der Waals surface area contributed by atoms with E-state index in [-0.39, 0.29) is 16.2 Å². The minimum atomic E-state index is -2.33. The van der Waals surface area contributed by atoms with E-state index in [0.717, 1.165) is 22.9 Å². The molecule has 0 N–H and O–H groups in total. The molecule has 0 amide bonds. The summed E-state index contributed by atoms with van der Waals surface area (Å²) in [7, 11) is -2.33. The normalized spacial score (nSPS) is 14.1. The summed E-state index contributed by atoms with van der Waals surface area (Å²) in [6.45, 7) is 30.0. The lowest BCUT2D eigenvalue weighted by Gasteiger charge is -2.40. The first kappa shape index (κ1) is 31.6. The molecule has 4 rings (SSSR count). The number of rotatable bonds is 7. The number of ether oxygens (including phenoxy) is 1. The van der Waals surface area contributed by atoms with Crippen LogP contribution in [0.1, 0.15) is 110 Å². The molecule has 220 valence electrons. The second-order valence-electron chi connectivity index (χ2n) is 15.1. The molecular weight excluding hydrogens is 536 g/mol. The molecule has 41 heavy (non-hydrogen) atoms. The van der Waals surface area contributed by atoms with Crippen LogP contribution in [0.5, 0.6) is 5.75 Å². The maximum Gasteiger partial charge on any atom is 0.137 e. The van der Waals surface area contributed by atoms with Crippen molar-refractivity contribution >= 4 is 24.9 Å². The van der Waals surface area contributed by atoms with Crippen molar-refractivity contribution in [1.29, 1.82) is 0 Å². The van der Waals surface area contributed by atoms with E-state index in [4.69, 9.17) is 16.3 Å². The van der Waals surface area contributed by atoms with Crippen molar-refractivity contribution in [1.82, 2.24) is 0 Å². The zero-order chi connectivity index (χ0) is 30.5. The van der Waals surface area contributed by atoms with Crippen LogP contribution in [0.4, 0.5) is 0 Å². The van der Waals surface area contributed by atoms with Crippen LogP contribution in [0.2, 0.25) is 17.1 Å². The van der Waals surface area contributed by atoms with Crippen molar-refractivity contribution in [2.24, 2.45) is 0 Å². The third-order valence-corrected chi connectivity index (χ3v) is 15.3. The number of hydrogen-bond donors (Lipinski definition) is 0. The summed E-state index contributed by atoms with van der Waals surface area (Å²) < 4.78 is 6.47. The van der Waals surface area contributed by atoms with E-state index in [9.17, 15) is 0 Å². The molecule has 3 heteroatoms. The van der Waals surface area contributed by atoms with E-state index in [2.05, 4.69) is 131 Å². The maximum absolute atomic E-state index is 7.14. The largest absolute Gasteiger partial charge is 0.488 e. The molecule has 0 saturated heterocycles. The fraction of sp³-hybridized carbons (Fsp3) is 0.474. The molecule has 0 saturated carbocycles. The van der Waals surface area contributed by atoms with Gasteiger partial charge < -0.3 is 4.74 Å². The van der Waals surface area contributed by atoms with Gasteiger partial charge in [0.15, 0.2) is 0 Å². The average Bonchev–Trinajstić information content (AvgIpc) is 3.21. The highest BCUT2D eigenvalue weighted by Gasteiger charge is 2.49. The monoisotopic (exact) mass is 586 g/mol. The molecule has 1 nitrogen and oxygen atoms in total. The van der Waals surface area contributed by atoms with E-state index in [0.29, 0.717) is 12.1 Å². The number of halogens is 1. The van der Waals surface area contributed by atoms with Crippen molar-refractivity contribution in [3.63, 3.8) is 0 Å². The van der Waals surface area contributed by atoms with Crippen LogP contribution in [0.25, 0.3) is 11.1 Å².